The lowest BCUT2D eigenvalue weighted by Gasteiger charge is -2.36. The number of nitrogens with one attached hydrogen (secondary N) is 3. The van der Waals surface area contributed by atoms with E-state index in [0.717, 1.165) is 11.4 Å². The number of aromatic amines is 1. The Balaban J connectivity index is 1.56. The van der Waals surface area contributed by atoms with Crippen LogP contribution in [0.5, 0.6) is 5.75 Å². The molecule has 2 aromatic rings. The van der Waals surface area contributed by atoms with Gasteiger partial charge in [0.15, 0.2) is 0 Å². The fourth-order valence-electron chi connectivity index (χ4n) is 3.05. The molecule has 152 valence electrons. The maximum atomic E-state index is 13.8. The quantitative estimate of drug-likeness (QED) is 0.689. The van der Waals surface area contributed by atoms with Gasteiger partial charge in [-0.2, -0.15) is 5.10 Å². The van der Waals surface area contributed by atoms with E-state index in [-0.39, 0.29) is 24.0 Å². The largest absolute Gasteiger partial charge is 0.490 e. The van der Waals surface area contributed by atoms with E-state index < -0.39 is 11.7 Å². The van der Waals surface area contributed by atoms with Crippen LogP contribution in [-0.4, -0.2) is 34.0 Å². The molecule has 28 heavy (non-hydrogen) atoms. The van der Waals surface area contributed by atoms with Crippen molar-refractivity contribution in [3.8, 4) is 5.75 Å². The monoisotopic (exact) mass is 390 g/mol. The van der Waals surface area contributed by atoms with Crippen LogP contribution in [0.3, 0.4) is 0 Å². The van der Waals surface area contributed by atoms with E-state index in [4.69, 9.17) is 9.47 Å². The number of H-pyrrole nitrogens is 1. The van der Waals surface area contributed by atoms with Crippen molar-refractivity contribution >= 4 is 11.9 Å². The summed E-state index contributed by atoms with van der Waals surface area (Å²) in [4.78, 5) is 11.8. The summed E-state index contributed by atoms with van der Waals surface area (Å²) in [6, 6.07) is 6.14. The molecular weight excluding hydrogens is 363 g/mol. The molecule has 3 N–H and O–H groups in total. The van der Waals surface area contributed by atoms with Crippen LogP contribution < -0.4 is 15.4 Å². The van der Waals surface area contributed by atoms with Gasteiger partial charge in [0.2, 0.25) is 0 Å². The number of hydrogen-bond donors (Lipinski definition) is 3. The van der Waals surface area contributed by atoms with Gasteiger partial charge in [-0.25, -0.2) is 9.18 Å². The fourth-order valence-corrected chi connectivity index (χ4v) is 3.05. The second kappa shape index (κ2) is 8.08. The summed E-state index contributed by atoms with van der Waals surface area (Å²) >= 11 is 0. The molecular formula is C20H27FN4O3. The number of nitrogens with zero attached hydrogens (tertiary/aromatic N) is 1. The van der Waals surface area contributed by atoms with Gasteiger partial charge < -0.3 is 20.1 Å². The molecule has 1 aromatic heterocycles. The van der Waals surface area contributed by atoms with Crippen molar-refractivity contribution in [1.82, 2.24) is 15.5 Å². The van der Waals surface area contributed by atoms with Gasteiger partial charge in [0.25, 0.3) is 0 Å². The van der Waals surface area contributed by atoms with Crippen molar-refractivity contribution in [2.24, 2.45) is 0 Å². The Bertz CT molecular complexity index is 798. The molecule has 1 aromatic carbocycles. The number of carbonyl (C=O) groups excluding carboxylic acids is 1. The van der Waals surface area contributed by atoms with E-state index in [1.54, 1.807) is 18.3 Å². The summed E-state index contributed by atoms with van der Waals surface area (Å²) < 4.78 is 25.1. The highest BCUT2D eigenvalue weighted by atomic mass is 19.1. The van der Waals surface area contributed by atoms with Gasteiger partial charge in [-0.3, -0.25) is 5.10 Å². The summed E-state index contributed by atoms with van der Waals surface area (Å²) in [5.74, 6) is 1.05. The molecule has 1 atom stereocenters. The van der Waals surface area contributed by atoms with Crippen molar-refractivity contribution in [2.45, 2.75) is 64.3 Å². The Labute approximate surface area is 164 Å². The molecule has 7 nitrogen and oxygen atoms in total. The van der Waals surface area contributed by atoms with Crippen LogP contribution in [0.15, 0.2) is 30.5 Å². The van der Waals surface area contributed by atoms with Crippen LogP contribution in [0.4, 0.5) is 15.0 Å². The van der Waals surface area contributed by atoms with Crippen molar-refractivity contribution in [3.05, 3.63) is 41.8 Å². The average molecular weight is 390 g/mol. The van der Waals surface area contributed by atoms with E-state index in [1.165, 1.54) is 12.1 Å². The number of ether oxygens (including phenoxy) is 2. The SMILES string of the molecule is C[C@@H](Nc1ccn[nH]1)c1cc(F)ccc1OC1CC(NC(=O)OC(C)(C)C)C1. The average Bonchev–Trinajstić information content (AvgIpc) is 3.05. The Hall–Kier alpha value is -2.77. The summed E-state index contributed by atoms with van der Waals surface area (Å²) in [5, 5.41) is 12.8. The maximum Gasteiger partial charge on any atom is 0.407 e. The predicted molar refractivity (Wildman–Crippen MR) is 104 cm³/mol. The number of benzene rings is 1. The molecule has 1 aliphatic rings. The number of rotatable bonds is 6. The third kappa shape index (κ3) is 5.37. The van der Waals surface area contributed by atoms with Crippen molar-refractivity contribution in [3.63, 3.8) is 0 Å². The summed E-state index contributed by atoms with van der Waals surface area (Å²) in [5.41, 5.74) is 0.197. The van der Waals surface area contributed by atoms with E-state index in [0.29, 0.717) is 18.6 Å². The minimum absolute atomic E-state index is 0.0179. The highest BCUT2D eigenvalue weighted by Gasteiger charge is 2.34. The Morgan fingerprint density at radius 3 is 2.71 bits per heavy atom. The second-order valence-corrected chi connectivity index (χ2v) is 8.07. The van der Waals surface area contributed by atoms with Gasteiger partial charge in [-0.1, -0.05) is 0 Å². The Morgan fingerprint density at radius 2 is 2.07 bits per heavy atom. The fraction of sp³-hybridized carbons (Fsp3) is 0.500. The topological polar surface area (TPSA) is 88.3 Å². The van der Waals surface area contributed by atoms with Crippen molar-refractivity contribution in [1.29, 1.82) is 0 Å². The molecule has 1 aliphatic carbocycles. The molecule has 1 amide bonds. The highest BCUT2D eigenvalue weighted by molar-refractivity contribution is 5.68. The molecule has 1 heterocycles. The summed E-state index contributed by atoms with van der Waals surface area (Å²) in [6.45, 7) is 7.41. The highest BCUT2D eigenvalue weighted by Crippen LogP contribution is 2.33. The molecule has 3 rings (SSSR count). The number of carbonyl (C=O) groups is 1. The molecule has 0 bridgehead atoms. The zero-order valence-corrected chi connectivity index (χ0v) is 16.6. The molecule has 1 fully saturated rings. The van der Waals surface area contributed by atoms with E-state index >= 15 is 0 Å². The van der Waals surface area contributed by atoms with Crippen molar-refractivity contribution in [2.75, 3.05) is 5.32 Å². The van der Waals surface area contributed by atoms with Crippen LogP contribution in [0.2, 0.25) is 0 Å². The predicted octanol–water partition coefficient (Wildman–Crippen LogP) is 4.16. The zero-order chi connectivity index (χ0) is 20.3. The van der Waals surface area contributed by atoms with Crippen LogP contribution in [-0.2, 0) is 4.74 Å². The second-order valence-electron chi connectivity index (χ2n) is 8.07. The maximum absolute atomic E-state index is 13.8. The number of alkyl carbamates (subject to hydrolysis) is 1. The number of amides is 1. The molecule has 0 spiro atoms. The van der Waals surface area contributed by atoms with Crippen LogP contribution in [0, 0.1) is 5.82 Å². The first-order valence-corrected chi connectivity index (χ1v) is 9.41. The van der Waals surface area contributed by atoms with Crippen molar-refractivity contribution < 1.29 is 18.7 Å². The van der Waals surface area contributed by atoms with Crippen LogP contribution >= 0.6 is 0 Å². The van der Waals surface area contributed by atoms with E-state index in [1.807, 2.05) is 27.7 Å². The van der Waals surface area contributed by atoms with Crippen LogP contribution in [0.25, 0.3) is 0 Å². The first-order valence-electron chi connectivity index (χ1n) is 9.41. The smallest absolute Gasteiger partial charge is 0.407 e. The minimum atomic E-state index is -0.523. The standard InChI is InChI=1S/C20H27FN4O3/c1-12(23-18-7-8-22-25-18)16-9-13(21)5-6-17(16)27-15-10-14(11-15)24-19(26)28-20(2,3)4/h5-9,12,14-15H,10-11H2,1-4H3,(H,24,26)(H2,22,23,25)/t12-,14?,15?/m1/s1. The van der Waals surface area contributed by atoms with Crippen LogP contribution in [0.1, 0.15) is 52.1 Å². The Morgan fingerprint density at radius 1 is 1.32 bits per heavy atom. The van der Waals surface area contributed by atoms with Gasteiger partial charge in [0.1, 0.15) is 29.1 Å². The molecule has 0 unspecified atom stereocenters. The van der Waals surface area contributed by atoms with Gasteiger partial charge in [-0.05, 0) is 52.0 Å². The zero-order valence-electron chi connectivity index (χ0n) is 16.6. The van der Waals surface area contributed by atoms with E-state index in [2.05, 4.69) is 20.8 Å². The van der Waals surface area contributed by atoms with Gasteiger partial charge in [0.05, 0.1) is 12.2 Å². The number of halogens is 1. The molecule has 8 heteroatoms. The van der Waals surface area contributed by atoms with E-state index in [9.17, 15) is 9.18 Å². The Kier molecular flexibility index (Phi) is 5.76. The lowest BCUT2D eigenvalue weighted by Crippen LogP contribution is -2.50. The number of aromatic nitrogens is 2. The summed E-state index contributed by atoms with van der Waals surface area (Å²) in [6.07, 6.45) is 2.54. The normalized spacial score (nSPS) is 20.0. The van der Waals surface area contributed by atoms with Gasteiger partial charge in [-0.15, -0.1) is 0 Å². The summed E-state index contributed by atoms with van der Waals surface area (Å²) in [7, 11) is 0. The lowest BCUT2D eigenvalue weighted by molar-refractivity contribution is 0.0360. The van der Waals surface area contributed by atoms with Gasteiger partial charge in [0, 0.05) is 24.4 Å². The first-order chi connectivity index (χ1) is 13.2. The molecule has 0 saturated heterocycles. The molecule has 1 saturated carbocycles. The molecule has 0 aliphatic heterocycles. The van der Waals surface area contributed by atoms with Gasteiger partial charge >= 0.3 is 6.09 Å². The molecule has 0 radical (unpaired) electrons. The number of anilines is 1. The lowest BCUT2D eigenvalue weighted by atomic mass is 9.89. The third-order valence-corrected chi connectivity index (χ3v) is 4.42. The minimum Gasteiger partial charge on any atom is -0.490 e. The number of hydrogen-bond acceptors (Lipinski definition) is 5. The first kappa shape index (κ1) is 20.0. The third-order valence-electron chi connectivity index (χ3n) is 4.42.